The average Bonchev–Trinajstić information content (AvgIpc) is 3.23. The van der Waals surface area contributed by atoms with Gasteiger partial charge in [0.05, 0.1) is 0 Å². The first-order valence-electron chi connectivity index (χ1n) is 10.9. The van der Waals surface area contributed by atoms with Gasteiger partial charge in [0.15, 0.2) is 5.13 Å². The van der Waals surface area contributed by atoms with Crippen molar-refractivity contribution in [3.05, 3.63) is 18.3 Å². The molecule has 8 nitrogen and oxygen atoms in total. The average molecular weight is 431 g/mol. The van der Waals surface area contributed by atoms with Gasteiger partial charge >= 0.3 is 0 Å². The van der Waals surface area contributed by atoms with Crippen molar-refractivity contribution in [3.8, 4) is 0 Å². The first kappa shape index (κ1) is 21.0. The summed E-state index contributed by atoms with van der Waals surface area (Å²) in [7, 11) is 0. The number of hydrogen-bond donors (Lipinski definition) is 1. The molecule has 0 aromatic carbocycles. The van der Waals surface area contributed by atoms with Crippen LogP contribution in [0.5, 0.6) is 0 Å². The number of hydrogen-bond acceptors (Lipinski definition) is 7. The number of pyridine rings is 1. The third-order valence-electron chi connectivity index (χ3n) is 5.82. The molecular formula is C21H30N6O2S. The third-order valence-corrected chi connectivity index (χ3v) is 6.86. The van der Waals surface area contributed by atoms with Crippen molar-refractivity contribution in [1.82, 2.24) is 25.1 Å². The first-order valence-corrected chi connectivity index (χ1v) is 11.7. The van der Waals surface area contributed by atoms with E-state index in [9.17, 15) is 9.59 Å². The number of likely N-dealkylation sites (tertiary alicyclic amines) is 1. The second-order valence-electron chi connectivity index (χ2n) is 7.94. The number of nitrogens with zero attached hydrogens (tertiary/aromatic N) is 5. The van der Waals surface area contributed by atoms with Crippen LogP contribution >= 0.6 is 11.3 Å². The van der Waals surface area contributed by atoms with Gasteiger partial charge in [-0.25, -0.2) is 9.97 Å². The van der Waals surface area contributed by atoms with Gasteiger partial charge in [0.1, 0.15) is 10.3 Å². The maximum Gasteiger partial charge on any atom is 0.223 e. The first-order chi connectivity index (χ1) is 14.7. The highest BCUT2D eigenvalue weighted by atomic mass is 32.1. The molecule has 2 aromatic rings. The van der Waals surface area contributed by atoms with Crippen LogP contribution in [0, 0.1) is 0 Å². The van der Waals surface area contributed by atoms with Gasteiger partial charge in [-0.05, 0) is 38.1 Å². The van der Waals surface area contributed by atoms with Crippen molar-refractivity contribution < 1.29 is 9.59 Å². The molecule has 30 heavy (non-hydrogen) atoms. The number of carbonyl (C=O) groups is 2. The van der Waals surface area contributed by atoms with Crippen LogP contribution in [0.25, 0.3) is 10.3 Å². The number of anilines is 1. The largest absolute Gasteiger partial charge is 0.355 e. The Labute approximate surface area is 181 Å². The van der Waals surface area contributed by atoms with Crippen LogP contribution in [0.15, 0.2) is 18.3 Å². The molecule has 2 fully saturated rings. The van der Waals surface area contributed by atoms with Crippen LogP contribution in [0.1, 0.15) is 32.1 Å². The normalized spacial score (nSPS) is 18.0. The summed E-state index contributed by atoms with van der Waals surface area (Å²) in [6.45, 7) is 6.69. The topological polar surface area (TPSA) is 81.7 Å². The van der Waals surface area contributed by atoms with Crippen molar-refractivity contribution in [2.45, 2.75) is 32.1 Å². The monoisotopic (exact) mass is 430 g/mol. The van der Waals surface area contributed by atoms with E-state index in [1.165, 1.54) is 19.3 Å². The summed E-state index contributed by atoms with van der Waals surface area (Å²) >= 11 is 1.59. The van der Waals surface area contributed by atoms with Crippen LogP contribution in [0.4, 0.5) is 5.13 Å². The molecule has 4 rings (SSSR count). The van der Waals surface area contributed by atoms with Crippen LogP contribution in [0.3, 0.4) is 0 Å². The Kier molecular flexibility index (Phi) is 7.11. The molecule has 2 aliphatic rings. The Hall–Kier alpha value is -2.26. The molecule has 0 saturated carbocycles. The minimum atomic E-state index is -0.0269. The second kappa shape index (κ2) is 10.2. The van der Waals surface area contributed by atoms with Crippen molar-refractivity contribution in [2.24, 2.45) is 0 Å². The van der Waals surface area contributed by atoms with Crippen LogP contribution in [0.2, 0.25) is 0 Å². The van der Waals surface area contributed by atoms with Gasteiger partial charge in [0, 0.05) is 58.3 Å². The molecule has 0 unspecified atom stereocenters. The lowest BCUT2D eigenvalue weighted by atomic mass is 10.1. The Balaban J connectivity index is 1.15. The van der Waals surface area contributed by atoms with E-state index in [1.54, 1.807) is 17.5 Å². The van der Waals surface area contributed by atoms with Crippen LogP contribution < -0.4 is 10.2 Å². The predicted octanol–water partition coefficient (Wildman–Crippen LogP) is 1.72. The summed E-state index contributed by atoms with van der Waals surface area (Å²) in [6.07, 6.45) is 6.15. The number of carbonyl (C=O) groups excluding carboxylic acids is 2. The third kappa shape index (κ3) is 5.46. The standard InChI is InChI=1S/C21H30N6O2S/c28-18(22-9-12-25-10-2-1-3-11-25)6-7-19(29)26-13-15-27(16-14-26)21-24-17-5-4-8-23-20(17)30-21/h4-5,8H,1-3,6-7,9-16H2,(H,22,28). The zero-order valence-corrected chi connectivity index (χ0v) is 18.2. The molecule has 162 valence electrons. The Morgan fingerprint density at radius 1 is 1.03 bits per heavy atom. The van der Waals surface area contributed by atoms with Crippen LogP contribution in [-0.4, -0.2) is 83.9 Å². The lowest BCUT2D eigenvalue weighted by Crippen LogP contribution is -2.49. The predicted molar refractivity (Wildman–Crippen MR) is 119 cm³/mol. The minimum absolute atomic E-state index is 0.0269. The number of piperidine rings is 1. The van der Waals surface area contributed by atoms with Gasteiger partial charge in [-0.2, -0.15) is 0 Å². The highest BCUT2D eigenvalue weighted by Crippen LogP contribution is 2.27. The molecule has 4 heterocycles. The van der Waals surface area contributed by atoms with Crippen LogP contribution in [-0.2, 0) is 9.59 Å². The number of piperazine rings is 1. The fourth-order valence-corrected chi connectivity index (χ4v) is 5.00. The summed E-state index contributed by atoms with van der Waals surface area (Å²) in [5.41, 5.74) is 0.919. The molecule has 0 aliphatic carbocycles. The highest BCUT2D eigenvalue weighted by molar-refractivity contribution is 7.21. The molecule has 2 saturated heterocycles. The Bertz CT molecular complexity index is 825. The maximum atomic E-state index is 12.5. The molecule has 1 N–H and O–H groups in total. The maximum absolute atomic E-state index is 12.5. The second-order valence-corrected chi connectivity index (χ2v) is 8.90. The van der Waals surface area contributed by atoms with Crippen molar-refractivity contribution in [2.75, 3.05) is 57.3 Å². The molecule has 0 bridgehead atoms. The van der Waals surface area contributed by atoms with E-state index in [0.717, 1.165) is 48.2 Å². The Morgan fingerprint density at radius 3 is 2.60 bits per heavy atom. The van der Waals surface area contributed by atoms with Crippen molar-refractivity contribution in [1.29, 1.82) is 0 Å². The fourth-order valence-electron chi connectivity index (χ4n) is 4.04. The van der Waals surface area contributed by atoms with Gasteiger partial charge < -0.3 is 20.0 Å². The van der Waals surface area contributed by atoms with E-state index >= 15 is 0 Å². The fraction of sp³-hybridized carbons (Fsp3) is 0.619. The summed E-state index contributed by atoms with van der Waals surface area (Å²) in [5, 5.41) is 3.92. The number of aromatic nitrogens is 2. The van der Waals surface area contributed by atoms with E-state index in [4.69, 9.17) is 0 Å². The lowest BCUT2D eigenvalue weighted by molar-refractivity contribution is -0.133. The molecule has 0 spiro atoms. The molecule has 0 atom stereocenters. The number of amides is 2. The van der Waals surface area contributed by atoms with Gasteiger partial charge in [0.25, 0.3) is 0 Å². The summed E-state index contributed by atoms with van der Waals surface area (Å²) < 4.78 is 0. The zero-order chi connectivity index (χ0) is 20.8. The van der Waals surface area contributed by atoms with E-state index in [2.05, 4.69) is 25.1 Å². The molecule has 2 amide bonds. The molecular weight excluding hydrogens is 400 g/mol. The highest BCUT2D eigenvalue weighted by Gasteiger charge is 2.23. The summed E-state index contributed by atoms with van der Waals surface area (Å²) in [6, 6.07) is 3.87. The van der Waals surface area contributed by atoms with E-state index in [-0.39, 0.29) is 24.7 Å². The number of rotatable bonds is 7. The molecule has 2 aromatic heterocycles. The van der Waals surface area contributed by atoms with Gasteiger partial charge in [-0.1, -0.05) is 17.8 Å². The van der Waals surface area contributed by atoms with Gasteiger partial charge in [-0.3, -0.25) is 9.59 Å². The molecule has 9 heteroatoms. The minimum Gasteiger partial charge on any atom is -0.355 e. The van der Waals surface area contributed by atoms with E-state index in [0.29, 0.717) is 19.6 Å². The molecule has 2 aliphatic heterocycles. The van der Waals surface area contributed by atoms with Crippen molar-refractivity contribution in [3.63, 3.8) is 0 Å². The molecule has 0 radical (unpaired) electrons. The SMILES string of the molecule is O=C(CCC(=O)N1CCN(c2nc3cccnc3s2)CC1)NCCN1CCCCC1. The van der Waals surface area contributed by atoms with Gasteiger partial charge in [-0.15, -0.1) is 0 Å². The smallest absolute Gasteiger partial charge is 0.223 e. The van der Waals surface area contributed by atoms with E-state index < -0.39 is 0 Å². The zero-order valence-electron chi connectivity index (χ0n) is 17.4. The number of fused-ring (bicyclic) bond motifs is 1. The number of thiazole rings is 1. The quantitative estimate of drug-likeness (QED) is 0.720. The number of nitrogens with one attached hydrogen (secondary N) is 1. The Morgan fingerprint density at radius 2 is 1.83 bits per heavy atom. The summed E-state index contributed by atoms with van der Waals surface area (Å²) in [5.74, 6) is 0.0350. The lowest BCUT2D eigenvalue weighted by Gasteiger charge is -2.34. The van der Waals surface area contributed by atoms with Gasteiger partial charge in [0.2, 0.25) is 11.8 Å². The summed E-state index contributed by atoms with van der Waals surface area (Å²) in [4.78, 5) is 41.0. The van der Waals surface area contributed by atoms with E-state index in [1.807, 2.05) is 17.0 Å². The van der Waals surface area contributed by atoms with Crippen molar-refractivity contribution >= 4 is 38.6 Å².